The van der Waals surface area contributed by atoms with Gasteiger partial charge in [0.25, 0.3) is 0 Å². The smallest absolute Gasteiger partial charge is 0.188 e. The van der Waals surface area contributed by atoms with Gasteiger partial charge in [-0.1, -0.05) is 6.07 Å². The minimum absolute atomic E-state index is 0.0965. The number of carbonyl (C=O) groups excluding carboxylic acids is 1. The van der Waals surface area contributed by atoms with Crippen LogP contribution in [0.15, 0.2) is 35.7 Å². The Labute approximate surface area is 113 Å². The second kappa shape index (κ2) is 5.63. The van der Waals surface area contributed by atoms with E-state index in [-0.39, 0.29) is 5.56 Å². The van der Waals surface area contributed by atoms with E-state index in [1.165, 1.54) is 30.6 Å². The molecule has 0 aliphatic carbocycles. The van der Waals surface area contributed by atoms with Gasteiger partial charge in [0.2, 0.25) is 0 Å². The summed E-state index contributed by atoms with van der Waals surface area (Å²) in [4.78, 5) is 12.8. The van der Waals surface area contributed by atoms with Gasteiger partial charge in [-0.3, -0.25) is 4.79 Å². The van der Waals surface area contributed by atoms with E-state index >= 15 is 0 Å². The Balaban J connectivity index is 2.36. The van der Waals surface area contributed by atoms with Crippen LogP contribution in [0.4, 0.5) is 4.39 Å². The van der Waals surface area contributed by atoms with Gasteiger partial charge in [0.15, 0.2) is 5.78 Å². The number of rotatable bonds is 4. The third kappa shape index (κ3) is 2.64. The summed E-state index contributed by atoms with van der Waals surface area (Å²) < 4.78 is 18.7. The molecule has 2 rings (SSSR count). The van der Waals surface area contributed by atoms with Gasteiger partial charge >= 0.3 is 0 Å². The highest BCUT2D eigenvalue weighted by Crippen LogP contribution is 2.26. The molecule has 1 unspecified atom stereocenters. The molecule has 2 aromatic rings. The second-order valence-electron chi connectivity index (χ2n) is 3.79. The zero-order valence-corrected chi connectivity index (χ0v) is 10.9. The van der Waals surface area contributed by atoms with Gasteiger partial charge in [-0.15, -0.1) is 11.3 Å². The van der Waals surface area contributed by atoms with Crippen molar-refractivity contribution in [3.05, 3.63) is 52.0 Å². The van der Waals surface area contributed by atoms with Crippen LogP contribution in [-0.2, 0) is 0 Å². The average molecular weight is 275 g/mol. The summed E-state index contributed by atoms with van der Waals surface area (Å²) in [5.41, 5.74) is -0.0965. The maximum absolute atomic E-state index is 13.8. The molecule has 0 bridgehead atoms. The average Bonchev–Trinajstić information content (AvgIpc) is 2.93. The Kier molecular flexibility index (Phi) is 3.93. The fourth-order valence-electron chi connectivity index (χ4n) is 1.69. The van der Waals surface area contributed by atoms with Crippen LogP contribution >= 0.6 is 11.3 Å². The van der Waals surface area contributed by atoms with E-state index in [4.69, 9.17) is 10.00 Å². The lowest BCUT2D eigenvalue weighted by molar-refractivity contribution is 0.0976. The number of nitriles is 1. The van der Waals surface area contributed by atoms with Crippen LogP contribution in [0.5, 0.6) is 5.75 Å². The Hall–Kier alpha value is -2.19. The molecule has 0 saturated heterocycles. The third-order valence-corrected chi connectivity index (χ3v) is 3.60. The summed E-state index contributed by atoms with van der Waals surface area (Å²) >= 11 is 1.30. The van der Waals surface area contributed by atoms with Gasteiger partial charge < -0.3 is 4.74 Å². The van der Waals surface area contributed by atoms with Crippen molar-refractivity contribution in [3.63, 3.8) is 0 Å². The third-order valence-electron chi connectivity index (χ3n) is 2.66. The molecule has 0 radical (unpaired) electrons. The van der Waals surface area contributed by atoms with Crippen molar-refractivity contribution in [2.24, 2.45) is 0 Å². The number of ether oxygens (including phenoxy) is 1. The number of Topliss-reactive ketones (excluding diaryl/α,β-unsaturated/α-hetero) is 1. The highest BCUT2D eigenvalue weighted by atomic mass is 32.1. The molecule has 3 nitrogen and oxygen atoms in total. The number of ketones is 1. The second-order valence-corrected chi connectivity index (χ2v) is 4.77. The maximum Gasteiger partial charge on any atom is 0.188 e. The summed E-state index contributed by atoms with van der Waals surface area (Å²) in [5, 5.41) is 10.9. The SMILES string of the molecule is COc1ccc(C(=O)C(C#N)c2cccs2)c(F)c1. The van der Waals surface area contributed by atoms with Crippen LogP contribution in [0.1, 0.15) is 21.2 Å². The number of nitrogens with zero attached hydrogens (tertiary/aromatic N) is 1. The Morgan fingerprint density at radius 3 is 2.79 bits per heavy atom. The van der Waals surface area contributed by atoms with Crippen LogP contribution < -0.4 is 4.74 Å². The zero-order valence-electron chi connectivity index (χ0n) is 10.1. The summed E-state index contributed by atoms with van der Waals surface area (Å²) in [6, 6.07) is 9.34. The minimum atomic E-state index is -0.970. The molecule has 0 saturated carbocycles. The lowest BCUT2D eigenvalue weighted by Gasteiger charge is -2.08. The fourth-order valence-corrected chi connectivity index (χ4v) is 2.45. The Bertz CT molecular complexity index is 631. The van der Waals surface area contributed by atoms with Crippen molar-refractivity contribution in [1.82, 2.24) is 0 Å². The molecule has 5 heteroatoms. The molecule has 0 spiro atoms. The molecule has 1 aromatic carbocycles. The van der Waals surface area contributed by atoms with Gasteiger partial charge in [-0.05, 0) is 23.6 Å². The first-order valence-corrected chi connectivity index (χ1v) is 6.36. The van der Waals surface area contributed by atoms with Gasteiger partial charge in [0.1, 0.15) is 17.5 Å². The first kappa shape index (κ1) is 13.2. The van der Waals surface area contributed by atoms with Crippen molar-refractivity contribution in [1.29, 1.82) is 5.26 Å². The molecule has 0 N–H and O–H groups in total. The van der Waals surface area contributed by atoms with Gasteiger partial charge in [-0.2, -0.15) is 5.26 Å². The molecule has 0 fully saturated rings. The number of methoxy groups -OCH3 is 1. The molecule has 96 valence electrons. The van der Waals surface area contributed by atoms with Crippen molar-refractivity contribution in [3.8, 4) is 11.8 Å². The van der Waals surface area contributed by atoms with Crippen molar-refractivity contribution in [2.45, 2.75) is 5.92 Å². The van der Waals surface area contributed by atoms with E-state index in [0.29, 0.717) is 10.6 Å². The summed E-state index contributed by atoms with van der Waals surface area (Å²) in [6.07, 6.45) is 0. The molecule has 1 atom stereocenters. The van der Waals surface area contributed by atoms with Crippen LogP contribution in [0.25, 0.3) is 0 Å². The van der Waals surface area contributed by atoms with E-state index in [0.717, 1.165) is 6.07 Å². The van der Waals surface area contributed by atoms with Gasteiger partial charge in [-0.25, -0.2) is 4.39 Å². The number of carbonyl (C=O) groups is 1. The van der Waals surface area contributed by atoms with Gasteiger partial charge in [0.05, 0.1) is 18.7 Å². The van der Waals surface area contributed by atoms with Crippen LogP contribution in [0, 0.1) is 17.1 Å². The van der Waals surface area contributed by atoms with Crippen LogP contribution in [-0.4, -0.2) is 12.9 Å². The molecule has 0 aliphatic heterocycles. The molecule has 1 heterocycles. The van der Waals surface area contributed by atoms with Crippen molar-refractivity contribution >= 4 is 17.1 Å². The standard InChI is InChI=1S/C14H10FNO2S/c1-18-9-4-5-10(12(15)7-9)14(17)11(8-16)13-3-2-6-19-13/h2-7,11H,1H3. The quantitative estimate of drug-likeness (QED) is 0.804. The molecule has 0 aliphatic rings. The lowest BCUT2D eigenvalue weighted by Crippen LogP contribution is -2.12. The maximum atomic E-state index is 13.8. The zero-order chi connectivity index (χ0) is 13.8. The van der Waals surface area contributed by atoms with E-state index in [9.17, 15) is 9.18 Å². The Morgan fingerprint density at radius 1 is 1.47 bits per heavy atom. The lowest BCUT2D eigenvalue weighted by atomic mass is 9.97. The van der Waals surface area contributed by atoms with Crippen LogP contribution in [0.2, 0.25) is 0 Å². The van der Waals surface area contributed by atoms with Gasteiger partial charge in [0, 0.05) is 10.9 Å². The monoisotopic (exact) mass is 275 g/mol. The molecular formula is C14H10FNO2S. The van der Waals surface area contributed by atoms with E-state index in [1.807, 2.05) is 6.07 Å². The molecule has 0 amide bonds. The minimum Gasteiger partial charge on any atom is -0.497 e. The van der Waals surface area contributed by atoms with E-state index in [2.05, 4.69) is 0 Å². The molecule has 19 heavy (non-hydrogen) atoms. The molecule has 1 aromatic heterocycles. The number of thiophene rings is 1. The van der Waals surface area contributed by atoms with Crippen molar-refractivity contribution in [2.75, 3.05) is 7.11 Å². The number of benzene rings is 1. The topological polar surface area (TPSA) is 50.1 Å². The fraction of sp³-hybridized carbons (Fsp3) is 0.143. The van der Waals surface area contributed by atoms with E-state index in [1.54, 1.807) is 17.5 Å². The first-order valence-electron chi connectivity index (χ1n) is 5.48. The highest BCUT2D eigenvalue weighted by Gasteiger charge is 2.25. The normalized spacial score (nSPS) is 11.6. The summed E-state index contributed by atoms with van der Waals surface area (Å²) in [6.45, 7) is 0. The Morgan fingerprint density at radius 2 is 2.26 bits per heavy atom. The largest absolute Gasteiger partial charge is 0.497 e. The van der Waals surface area contributed by atoms with E-state index < -0.39 is 17.5 Å². The number of hydrogen-bond acceptors (Lipinski definition) is 4. The molecular weight excluding hydrogens is 265 g/mol. The first-order chi connectivity index (χ1) is 9.17. The predicted octanol–water partition coefficient (Wildman–Crippen LogP) is 3.39. The highest BCUT2D eigenvalue weighted by molar-refractivity contribution is 7.10. The summed E-state index contributed by atoms with van der Waals surface area (Å²) in [7, 11) is 1.42. The summed E-state index contributed by atoms with van der Waals surface area (Å²) in [5.74, 6) is -1.85. The number of halogens is 1. The predicted molar refractivity (Wildman–Crippen MR) is 70.0 cm³/mol. The number of hydrogen-bond donors (Lipinski definition) is 0. The van der Waals surface area contributed by atoms with Crippen LogP contribution in [0.3, 0.4) is 0 Å². The van der Waals surface area contributed by atoms with Crippen molar-refractivity contribution < 1.29 is 13.9 Å².